The molecule has 1 amide bonds. The summed E-state index contributed by atoms with van der Waals surface area (Å²) in [6.07, 6.45) is 5.10. The van der Waals surface area contributed by atoms with Gasteiger partial charge in [-0.2, -0.15) is 0 Å². The first kappa shape index (κ1) is 18.1. The molecule has 2 saturated heterocycles. The third-order valence-corrected chi connectivity index (χ3v) is 5.34. The van der Waals surface area contributed by atoms with Crippen LogP contribution in [0.4, 0.5) is 5.95 Å². The van der Waals surface area contributed by atoms with Gasteiger partial charge in [0.2, 0.25) is 11.9 Å². The topological polar surface area (TPSA) is 70.6 Å². The molecule has 0 spiro atoms. The van der Waals surface area contributed by atoms with Gasteiger partial charge in [0.1, 0.15) is 0 Å². The Morgan fingerprint density at radius 2 is 2.00 bits per heavy atom. The molecule has 25 heavy (non-hydrogen) atoms. The van der Waals surface area contributed by atoms with Crippen LogP contribution in [0.1, 0.15) is 19.8 Å². The van der Waals surface area contributed by atoms with Crippen molar-refractivity contribution in [2.45, 2.75) is 25.8 Å². The summed E-state index contributed by atoms with van der Waals surface area (Å²) in [5, 5.41) is 3.33. The molecular formula is C18H29N5O2. The van der Waals surface area contributed by atoms with Crippen LogP contribution in [0.25, 0.3) is 0 Å². The summed E-state index contributed by atoms with van der Waals surface area (Å²) < 4.78 is 5.42. The summed E-state index contributed by atoms with van der Waals surface area (Å²) in [5.41, 5.74) is -0.322. The largest absolute Gasteiger partial charge is 0.381 e. The minimum Gasteiger partial charge on any atom is -0.381 e. The number of nitrogens with one attached hydrogen (secondary N) is 1. The van der Waals surface area contributed by atoms with Gasteiger partial charge in [-0.1, -0.05) is 6.92 Å². The standard InChI is InChI=1S/C18H29N5O2/c1-18(5-9-25-10-6-18)16(24)21-15-13-23(12-14(15)11-22(2)3)17-19-7-4-8-20-17/h4,7-8,14-15H,5-6,9-13H2,1-3H3,(H,21,24)/t14-,15-/m1/s1. The van der Waals surface area contributed by atoms with E-state index in [1.807, 2.05) is 6.07 Å². The second-order valence-electron chi connectivity index (χ2n) is 7.73. The number of carbonyl (C=O) groups is 1. The van der Waals surface area contributed by atoms with E-state index in [0.717, 1.165) is 38.4 Å². The summed E-state index contributed by atoms with van der Waals surface area (Å²) in [7, 11) is 4.14. The highest BCUT2D eigenvalue weighted by atomic mass is 16.5. The van der Waals surface area contributed by atoms with E-state index in [1.54, 1.807) is 12.4 Å². The molecule has 0 radical (unpaired) electrons. The Bertz CT molecular complexity index is 574. The molecular weight excluding hydrogens is 318 g/mol. The van der Waals surface area contributed by atoms with Crippen LogP contribution >= 0.6 is 0 Å². The monoisotopic (exact) mass is 347 g/mol. The average molecular weight is 347 g/mol. The minimum absolute atomic E-state index is 0.110. The SMILES string of the molecule is CN(C)C[C@@H]1CN(c2ncccn2)C[C@H]1NC(=O)C1(C)CCOCC1. The summed E-state index contributed by atoms with van der Waals surface area (Å²) in [6.45, 7) is 5.92. The van der Waals surface area contributed by atoms with Crippen molar-refractivity contribution in [2.24, 2.45) is 11.3 Å². The fourth-order valence-electron chi connectivity index (χ4n) is 3.70. The van der Waals surface area contributed by atoms with Crippen LogP contribution < -0.4 is 10.2 Å². The molecule has 2 aliphatic heterocycles. The molecule has 2 fully saturated rings. The molecule has 0 aliphatic carbocycles. The zero-order chi connectivity index (χ0) is 17.9. The van der Waals surface area contributed by atoms with Crippen molar-refractivity contribution in [2.75, 3.05) is 51.8 Å². The van der Waals surface area contributed by atoms with Crippen molar-refractivity contribution in [1.29, 1.82) is 0 Å². The number of aromatic nitrogens is 2. The Balaban J connectivity index is 1.69. The molecule has 7 nitrogen and oxygen atoms in total. The predicted octanol–water partition coefficient (Wildman–Crippen LogP) is 0.776. The molecule has 138 valence electrons. The molecule has 0 saturated carbocycles. The van der Waals surface area contributed by atoms with E-state index in [9.17, 15) is 4.79 Å². The maximum Gasteiger partial charge on any atom is 0.226 e. The number of nitrogens with zero attached hydrogens (tertiary/aromatic N) is 4. The summed E-state index contributed by atoms with van der Waals surface area (Å²) in [6, 6.07) is 1.93. The third kappa shape index (κ3) is 4.27. The van der Waals surface area contributed by atoms with Crippen molar-refractivity contribution >= 4 is 11.9 Å². The Morgan fingerprint density at radius 1 is 1.32 bits per heavy atom. The van der Waals surface area contributed by atoms with Crippen molar-refractivity contribution in [3.8, 4) is 0 Å². The molecule has 0 aromatic carbocycles. The first-order valence-corrected chi connectivity index (χ1v) is 9.03. The number of carbonyl (C=O) groups excluding carboxylic acids is 1. The van der Waals surface area contributed by atoms with Crippen LogP contribution in [0.2, 0.25) is 0 Å². The third-order valence-electron chi connectivity index (χ3n) is 5.34. The van der Waals surface area contributed by atoms with Crippen LogP contribution in [-0.2, 0) is 9.53 Å². The van der Waals surface area contributed by atoms with Gasteiger partial charge in [-0.15, -0.1) is 0 Å². The van der Waals surface area contributed by atoms with Gasteiger partial charge < -0.3 is 19.9 Å². The quantitative estimate of drug-likeness (QED) is 0.849. The Hall–Kier alpha value is -1.73. The fraction of sp³-hybridized carbons (Fsp3) is 0.722. The Morgan fingerprint density at radius 3 is 2.64 bits per heavy atom. The lowest BCUT2D eigenvalue weighted by Crippen LogP contribution is -2.50. The highest BCUT2D eigenvalue weighted by Crippen LogP contribution is 2.31. The number of anilines is 1. The van der Waals surface area contributed by atoms with Gasteiger partial charge >= 0.3 is 0 Å². The lowest BCUT2D eigenvalue weighted by molar-refractivity contribution is -0.136. The van der Waals surface area contributed by atoms with Gasteiger partial charge in [0.25, 0.3) is 0 Å². The first-order valence-electron chi connectivity index (χ1n) is 9.03. The molecule has 0 bridgehead atoms. The summed E-state index contributed by atoms with van der Waals surface area (Å²) >= 11 is 0. The average Bonchev–Trinajstić information content (AvgIpc) is 2.98. The van der Waals surface area contributed by atoms with Crippen molar-refractivity contribution in [3.05, 3.63) is 18.5 Å². The van der Waals surface area contributed by atoms with Gasteiger partial charge in [-0.3, -0.25) is 4.79 Å². The smallest absolute Gasteiger partial charge is 0.226 e. The fourth-order valence-corrected chi connectivity index (χ4v) is 3.70. The maximum absolute atomic E-state index is 12.9. The molecule has 7 heteroatoms. The summed E-state index contributed by atoms with van der Waals surface area (Å²) in [5.74, 6) is 1.24. The van der Waals surface area contributed by atoms with Gasteiger partial charge in [0, 0.05) is 51.2 Å². The van der Waals surface area contributed by atoms with E-state index >= 15 is 0 Å². The van der Waals surface area contributed by atoms with E-state index < -0.39 is 0 Å². The second kappa shape index (κ2) is 7.66. The van der Waals surface area contributed by atoms with Crippen LogP contribution in [0, 0.1) is 11.3 Å². The molecule has 1 N–H and O–H groups in total. The lowest BCUT2D eigenvalue weighted by Gasteiger charge is -2.34. The number of hydrogen-bond donors (Lipinski definition) is 1. The highest BCUT2D eigenvalue weighted by Gasteiger charge is 2.40. The predicted molar refractivity (Wildman–Crippen MR) is 96.4 cm³/mol. The summed E-state index contributed by atoms with van der Waals surface area (Å²) in [4.78, 5) is 26.0. The number of hydrogen-bond acceptors (Lipinski definition) is 6. The van der Waals surface area contributed by atoms with E-state index in [2.05, 4.69) is 46.1 Å². The first-order chi connectivity index (χ1) is 12.0. The molecule has 3 rings (SSSR count). The van der Waals surface area contributed by atoms with E-state index in [-0.39, 0.29) is 17.4 Å². The van der Waals surface area contributed by atoms with E-state index in [0.29, 0.717) is 19.1 Å². The lowest BCUT2D eigenvalue weighted by atomic mass is 9.81. The Kier molecular flexibility index (Phi) is 5.54. The second-order valence-corrected chi connectivity index (χ2v) is 7.73. The zero-order valence-corrected chi connectivity index (χ0v) is 15.4. The van der Waals surface area contributed by atoms with Gasteiger partial charge in [-0.05, 0) is 33.0 Å². The van der Waals surface area contributed by atoms with Gasteiger partial charge in [0.15, 0.2) is 0 Å². The number of amides is 1. The van der Waals surface area contributed by atoms with Crippen molar-refractivity contribution in [1.82, 2.24) is 20.2 Å². The highest BCUT2D eigenvalue weighted by molar-refractivity contribution is 5.82. The molecule has 1 aromatic rings. The van der Waals surface area contributed by atoms with E-state index in [1.165, 1.54) is 0 Å². The molecule has 1 aromatic heterocycles. The molecule has 2 atom stereocenters. The zero-order valence-electron chi connectivity index (χ0n) is 15.4. The van der Waals surface area contributed by atoms with E-state index in [4.69, 9.17) is 4.74 Å². The van der Waals surface area contributed by atoms with Gasteiger partial charge in [-0.25, -0.2) is 9.97 Å². The van der Waals surface area contributed by atoms with Crippen LogP contribution in [0.15, 0.2) is 18.5 Å². The minimum atomic E-state index is -0.322. The molecule has 3 heterocycles. The normalized spacial score (nSPS) is 26.0. The number of rotatable bonds is 5. The van der Waals surface area contributed by atoms with Crippen molar-refractivity contribution in [3.63, 3.8) is 0 Å². The molecule has 0 unspecified atom stereocenters. The van der Waals surface area contributed by atoms with Crippen LogP contribution in [0.3, 0.4) is 0 Å². The molecule has 2 aliphatic rings. The maximum atomic E-state index is 12.9. The van der Waals surface area contributed by atoms with Crippen LogP contribution in [0.5, 0.6) is 0 Å². The van der Waals surface area contributed by atoms with Gasteiger partial charge in [0.05, 0.1) is 11.5 Å². The Labute approximate surface area is 149 Å². The number of ether oxygens (including phenoxy) is 1. The van der Waals surface area contributed by atoms with Crippen molar-refractivity contribution < 1.29 is 9.53 Å². The van der Waals surface area contributed by atoms with Crippen LogP contribution in [-0.4, -0.2) is 73.8 Å².